The Hall–Kier alpha value is -3.60. The lowest BCUT2D eigenvalue weighted by Gasteiger charge is -2.38. The molecule has 140 valence electrons. The van der Waals surface area contributed by atoms with Crippen molar-refractivity contribution in [1.82, 2.24) is 4.90 Å². The van der Waals surface area contributed by atoms with E-state index in [1.807, 2.05) is 54.6 Å². The SMILES string of the molecule is O=Cc1ccc(OCCN2CN(c3ccccc3)c3ccccc3C2=O)cc1. The van der Waals surface area contributed by atoms with E-state index in [1.165, 1.54) is 0 Å². The number of benzene rings is 3. The van der Waals surface area contributed by atoms with Crippen LogP contribution in [-0.4, -0.2) is 36.9 Å². The molecule has 0 atom stereocenters. The zero-order valence-corrected chi connectivity index (χ0v) is 15.3. The Kier molecular flexibility index (Phi) is 5.06. The van der Waals surface area contributed by atoms with Crippen molar-refractivity contribution in [2.75, 3.05) is 24.7 Å². The minimum Gasteiger partial charge on any atom is -0.492 e. The van der Waals surface area contributed by atoms with Gasteiger partial charge in [-0.2, -0.15) is 0 Å². The molecule has 0 radical (unpaired) electrons. The maximum absolute atomic E-state index is 12.9. The summed E-state index contributed by atoms with van der Waals surface area (Å²) in [5.74, 6) is 0.679. The topological polar surface area (TPSA) is 49.9 Å². The van der Waals surface area contributed by atoms with E-state index in [0.29, 0.717) is 36.7 Å². The normalized spacial score (nSPS) is 13.2. The average molecular weight is 372 g/mol. The van der Waals surface area contributed by atoms with E-state index >= 15 is 0 Å². The van der Waals surface area contributed by atoms with Gasteiger partial charge in [0.25, 0.3) is 5.91 Å². The van der Waals surface area contributed by atoms with Crippen LogP contribution in [0.4, 0.5) is 11.4 Å². The molecule has 1 heterocycles. The van der Waals surface area contributed by atoms with Crippen LogP contribution in [0.3, 0.4) is 0 Å². The lowest BCUT2D eigenvalue weighted by Crippen LogP contribution is -2.46. The fraction of sp³-hybridized carbons (Fsp3) is 0.130. The van der Waals surface area contributed by atoms with E-state index < -0.39 is 0 Å². The van der Waals surface area contributed by atoms with Crippen LogP contribution in [-0.2, 0) is 0 Å². The summed E-state index contributed by atoms with van der Waals surface area (Å²) in [6, 6.07) is 24.6. The van der Waals surface area contributed by atoms with Crippen molar-refractivity contribution in [2.24, 2.45) is 0 Å². The molecule has 0 aliphatic carbocycles. The summed E-state index contributed by atoms with van der Waals surface area (Å²) in [5.41, 5.74) is 3.25. The molecule has 0 N–H and O–H groups in total. The van der Waals surface area contributed by atoms with Gasteiger partial charge >= 0.3 is 0 Å². The summed E-state index contributed by atoms with van der Waals surface area (Å²) in [6.45, 7) is 1.30. The largest absolute Gasteiger partial charge is 0.492 e. The number of nitrogens with zero attached hydrogens (tertiary/aromatic N) is 2. The Labute approximate surface area is 163 Å². The van der Waals surface area contributed by atoms with Crippen LogP contribution in [0.5, 0.6) is 5.75 Å². The first-order chi connectivity index (χ1) is 13.8. The number of ether oxygens (including phenoxy) is 1. The van der Waals surface area contributed by atoms with E-state index in [4.69, 9.17) is 4.74 Å². The van der Waals surface area contributed by atoms with Gasteiger partial charge in [0.1, 0.15) is 18.6 Å². The molecule has 3 aromatic carbocycles. The predicted molar refractivity (Wildman–Crippen MR) is 108 cm³/mol. The number of para-hydroxylation sites is 2. The highest BCUT2D eigenvalue weighted by Crippen LogP contribution is 2.33. The molecular formula is C23H20N2O3. The van der Waals surface area contributed by atoms with Gasteiger partial charge in [-0.15, -0.1) is 0 Å². The van der Waals surface area contributed by atoms with Crippen LogP contribution in [0.1, 0.15) is 20.7 Å². The molecule has 1 aliphatic heterocycles. The summed E-state index contributed by atoms with van der Waals surface area (Å²) < 4.78 is 5.76. The van der Waals surface area contributed by atoms with E-state index in [9.17, 15) is 9.59 Å². The monoisotopic (exact) mass is 372 g/mol. The fourth-order valence-corrected chi connectivity index (χ4v) is 3.29. The number of hydrogen-bond acceptors (Lipinski definition) is 4. The highest BCUT2D eigenvalue weighted by molar-refractivity contribution is 6.02. The third kappa shape index (κ3) is 3.60. The summed E-state index contributed by atoms with van der Waals surface area (Å²) in [5, 5.41) is 0. The summed E-state index contributed by atoms with van der Waals surface area (Å²) in [6.07, 6.45) is 0.797. The summed E-state index contributed by atoms with van der Waals surface area (Å²) in [4.78, 5) is 27.6. The highest BCUT2D eigenvalue weighted by Gasteiger charge is 2.29. The number of fused-ring (bicyclic) bond motifs is 1. The number of aldehydes is 1. The van der Waals surface area contributed by atoms with Gasteiger partial charge in [0.15, 0.2) is 0 Å². The van der Waals surface area contributed by atoms with E-state index in [2.05, 4.69) is 4.90 Å². The number of rotatable bonds is 6. The zero-order chi connectivity index (χ0) is 19.3. The van der Waals surface area contributed by atoms with Crippen molar-refractivity contribution in [3.63, 3.8) is 0 Å². The van der Waals surface area contributed by atoms with Crippen molar-refractivity contribution < 1.29 is 14.3 Å². The number of anilines is 2. The van der Waals surface area contributed by atoms with E-state index in [0.717, 1.165) is 17.7 Å². The van der Waals surface area contributed by atoms with Crippen LogP contribution in [0.15, 0.2) is 78.9 Å². The predicted octanol–water partition coefficient (Wildman–Crippen LogP) is 4.13. The Bertz CT molecular complexity index is 971. The number of amides is 1. The Balaban J connectivity index is 1.49. The molecule has 0 aromatic heterocycles. The van der Waals surface area contributed by atoms with Crippen molar-refractivity contribution in [1.29, 1.82) is 0 Å². The molecule has 0 unspecified atom stereocenters. The molecule has 28 heavy (non-hydrogen) atoms. The van der Waals surface area contributed by atoms with E-state index in [1.54, 1.807) is 29.2 Å². The first-order valence-electron chi connectivity index (χ1n) is 9.15. The third-order valence-electron chi connectivity index (χ3n) is 4.74. The fourth-order valence-electron chi connectivity index (χ4n) is 3.29. The molecule has 1 amide bonds. The van der Waals surface area contributed by atoms with Gasteiger partial charge < -0.3 is 14.5 Å². The summed E-state index contributed by atoms with van der Waals surface area (Å²) in [7, 11) is 0. The Morgan fingerprint density at radius 1 is 0.893 bits per heavy atom. The quantitative estimate of drug-likeness (QED) is 0.611. The standard InChI is InChI=1S/C23H20N2O3/c26-16-18-10-12-20(13-11-18)28-15-14-24-17-25(19-6-2-1-3-7-19)22-9-5-4-8-21(22)23(24)27/h1-13,16H,14-15,17H2. The molecule has 4 rings (SSSR count). The van der Waals surface area contributed by atoms with Crippen LogP contribution >= 0.6 is 0 Å². The molecule has 0 saturated carbocycles. The van der Waals surface area contributed by atoms with E-state index in [-0.39, 0.29) is 5.91 Å². The number of carbonyl (C=O) groups excluding carboxylic acids is 2. The molecule has 1 aliphatic rings. The van der Waals surface area contributed by atoms with Gasteiger partial charge in [-0.3, -0.25) is 9.59 Å². The zero-order valence-electron chi connectivity index (χ0n) is 15.3. The smallest absolute Gasteiger partial charge is 0.257 e. The maximum atomic E-state index is 12.9. The molecule has 0 bridgehead atoms. The third-order valence-corrected chi connectivity index (χ3v) is 4.74. The highest BCUT2D eigenvalue weighted by atomic mass is 16.5. The van der Waals surface area contributed by atoms with Gasteiger partial charge in [0.2, 0.25) is 0 Å². The second kappa shape index (κ2) is 7.96. The second-order valence-corrected chi connectivity index (χ2v) is 6.53. The Morgan fingerprint density at radius 3 is 2.36 bits per heavy atom. The minimum atomic E-state index is 0.00249. The first-order valence-corrected chi connectivity index (χ1v) is 9.15. The maximum Gasteiger partial charge on any atom is 0.257 e. The molecule has 5 heteroatoms. The number of carbonyl (C=O) groups is 2. The van der Waals surface area contributed by atoms with Gasteiger partial charge in [-0.25, -0.2) is 0 Å². The lowest BCUT2D eigenvalue weighted by molar-refractivity contribution is 0.0721. The van der Waals surface area contributed by atoms with Crippen molar-refractivity contribution in [3.8, 4) is 5.75 Å². The van der Waals surface area contributed by atoms with Crippen LogP contribution < -0.4 is 9.64 Å². The van der Waals surface area contributed by atoms with Gasteiger partial charge in [0.05, 0.1) is 24.5 Å². The average Bonchev–Trinajstić information content (AvgIpc) is 2.76. The van der Waals surface area contributed by atoms with Gasteiger partial charge in [0, 0.05) is 11.3 Å². The molecule has 0 fully saturated rings. The summed E-state index contributed by atoms with van der Waals surface area (Å²) >= 11 is 0. The van der Waals surface area contributed by atoms with Crippen molar-refractivity contribution >= 4 is 23.6 Å². The second-order valence-electron chi connectivity index (χ2n) is 6.53. The van der Waals surface area contributed by atoms with Crippen molar-refractivity contribution in [3.05, 3.63) is 90.0 Å². The van der Waals surface area contributed by atoms with Crippen LogP contribution in [0.2, 0.25) is 0 Å². The minimum absolute atomic E-state index is 0.00249. The molecular weight excluding hydrogens is 352 g/mol. The molecule has 0 saturated heterocycles. The van der Waals surface area contributed by atoms with Gasteiger partial charge in [-0.05, 0) is 48.5 Å². The molecule has 3 aromatic rings. The van der Waals surface area contributed by atoms with Crippen molar-refractivity contribution in [2.45, 2.75) is 0 Å². The van der Waals surface area contributed by atoms with Gasteiger partial charge in [-0.1, -0.05) is 30.3 Å². The van der Waals surface area contributed by atoms with Crippen LogP contribution in [0, 0.1) is 0 Å². The van der Waals surface area contributed by atoms with Crippen LogP contribution in [0.25, 0.3) is 0 Å². The number of hydrogen-bond donors (Lipinski definition) is 0. The first kappa shape index (κ1) is 17.8. The lowest BCUT2D eigenvalue weighted by atomic mass is 10.1. The molecule has 0 spiro atoms. The Morgan fingerprint density at radius 2 is 1.61 bits per heavy atom. The molecule has 5 nitrogen and oxygen atoms in total.